The van der Waals surface area contributed by atoms with Crippen LogP contribution in [0.2, 0.25) is 10.0 Å². The third-order valence-corrected chi connectivity index (χ3v) is 9.11. The van der Waals surface area contributed by atoms with E-state index in [1.807, 2.05) is 0 Å². The molecule has 2 aromatic carbocycles. The molecule has 308 valence electrons. The van der Waals surface area contributed by atoms with Gasteiger partial charge in [0.15, 0.2) is 11.6 Å². The molecule has 0 bridgehead atoms. The number of piperazine rings is 2. The van der Waals surface area contributed by atoms with E-state index >= 15 is 0 Å². The van der Waals surface area contributed by atoms with E-state index < -0.39 is 35.3 Å². The van der Waals surface area contributed by atoms with Crippen LogP contribution in [-0.4, -0.2) is 113 Å². The van der Waals surface area contributed by atoms with E-state index in [0.29, 0.717) is 37.7 Å². The fourth-order valence-electron chi connectivity index (χ4n) is 5.83. The number of hydrogen-bond donors (Lipinski definition) is 1. The quantitative estimate of drug-likeness (QED) is 0.195. The highest BCUT2D eigenvalue weighted by Gasteiger charge is 2.36. The van der Waals surface area contributed by atoms with Crippen molar-refractivity contribution in [1.29, 1.82) is 0 Å². The van der Waals surface area contributed by atoms with Gasteiger partial charge in [-0.1, -0.05) is 35.3 Å². The normalized spacial score (nSPS) is 16.5. The Balaban J connectivity index is 0.000000303. The van der Waals surface area contributed by atoms with Crippen molar-refractivity contribution < 1.29 is 37.4 Å². The number of halogens is 6. The topological polar surface area (TPSA) is 126 Å². The summed E-state index contributed by atoms with van der Waals surface area (Å²) < 4.78 is 45.6. The SMILES string of the molecule is CC(C)(C)OC(=O)N1CCN(C(=O)c2cccc(Cl)c2F)C(COc2cccnc2)C1.Cl.Cl.O=C(c1cccc(Cl)c1F)N1CCNCC1COc1cccnc1. The number of ether oxygens (including phenoxy) is 3. The second-order valence-corrected chi connectivity index (χ2v) is 14.5. The number of nitrogens with one attached hydrogen (secondary N) is 1. The summed E-state index contributed by atoms with van der Waals surface area (Å²) in [7, 11) is 0. The first-order valence-electron chi connectivity index (χ1n) is 17.6. The van der Waals surface area contributed by atoms with Crippen LogP contribution in [0.15, 0.2) is 85.5 Å². The molecule has 4 heterocycles. The van der Waals surface area contributed by atoms with Crippen molar-refractivity contribution in [3.63, 3.8) is 0 Å². The van der Waals surface area contributed by atoms with Gasteiger partial charge in [0, 0.05) is 51.7 Å². The highest BCUT2D eigenvalue weighted by atomic mass is 35.5. The molecule has 2 aliphatic rings. The van der Waals surface area contributed by atoms with Crippen LogP contribution in [0.3, 0.4) is 0 Å². The van der Waals surface area contributed by atoms with Crippen LogP contribution in [0, 0.1) is 11.6 Å². The summed E-state index contributed by atoms with van der Waals surface area (Å²) >= 11 is 11.6. The zero-order valence-corrected chi connectivity index (χ0v) is 34.6. The number of hydrogen-bond acceptors (Lipinski definition) is 9. The van der Waals surface area contributed by atoms with Gasteiger partial charge in [0.05, 0.1) is 45.6 Å². The number of benzene rings is 2. The standard InChI is InChI=1S/C22H25ClFN3O4.C17H17ClFN3O2.2ClH/c1-22(2,3)31-21(29)26-10-11-27(20(28)17-7-4-8-18(23)19(17)24)15(13-26)14-30-16-6-5-9-25-12-16;18-15-5-1-4-14(16(15)19)17(23)22-8-7-21-9-12(22)11-24-13-3-2-6-20-10-13;;/h4-9,12,15H,10-11,13-14H2,1-3H3;1-6,10,12,21H,7-9,11H2;2*1H. The first-order valence-corrected chi connectivity index (χ1v) is 18.3. The molecule has 18 heteroatoms. The zero-order chi connectivity index (χ0) is 39.5. The number of pyridine rings is 2. The number of rotatable bonds is 8. The van der Waals surface area contributed by atoms with Crippen molar-refractivity contribution >= 4 is 65.9 Å². The molecular formula is C39H44Cl4F2N6O6. The smallest absolute Gasteiger partial charge is 0.410 e. The Morgan fingerprint density at radius 3 is 1.75 bits per heavy atom. The zero-order valence-electron chi connectivity index (χ0n) is 31.4. The van der Waals surface area contributed by atoms with Gasteiger partial charge in [0.1, 0.15) is 30.3 Å². The second kappa shape index (κ2) is 21.9. The molecule has 0 aliphatic carbocycles. The fourth-order valence-corrected chi connectivity index (χ4v) is 6.18. The van der Waals surface area contributed by atoms with Gasteiger partial charge in [-0.3, -0.25) is 19.6 Å². The molecule has 2 aliphatic heterocycles. The lowest BCUT2D eigenvalue weighted by Gasteiger charge is -2.41. The van der Waals surface area contributed by atoms with Crippen LogP contribution in [0.5, 0.6) is 11.5 Å². The van der Waals surface area contributed by atoms with Gasteiger partial charge in [-0.25, -0.2) is 13.6 Å². The Bertz CT molecular complexity index is 1930. The first kappa shape index (κ1) is 46.9. The van der Waals surface area contributed by atoms with Gasteiger partial charge >= 0.3 is 6.09 Å². The maximum absolute atomic E-state index is 14.5. The Morgan fingerprint density at radius 1 is 0.754 bits per heavy atom. The molecule has 2 atom stereocenters. The average molecular weight is 873 g/mol. The summed E-state index contributed by atoms with van der Waals surface area (Å²) in [6, 6.07) is 15.1. The number of carbonyl (C=O) groups excluding carboxylic acids is 3. The van der Waals surface area contributed by atoms with Crippen molar-refractivity contribution in [3.05, 3.63) is 118 Å². The number of nitrogens with zero attached hydrogens (tertiary/aromatic N) is 5. The van der Waals surface area contributed by atoms with Crippen molar-refractivity contribution in [1.82, 2.24) is 30.0 Å². The largest absolute Gasteiger partial charge is 0.490 e. The van der Waals surface area contributed by atoms with E-state index in [1.54, 1.807) is 80.8 Å². The first-order chi connectivity index (χ1) is 26.3. The predicted octanol–water partition coefficient (Wildman–Crippen LogP) is 7.23. The molecule has 2 saturated heterocycles. The van der Waals surface area contributed by atoms with Crippen LogP contribution >= 0.6 is 48.0 Å². The number of carbonyl (C=O) groups is 3. The van der Waals surface area contributed by atoms with Gasteiger partial charge < -0.3 is 34.2 Å². The Hall–Kier alpha value is -4.47. The Morgan fingerprint density at radius 2 is 1.26 bits per heavy atom. The molecule has 4 aromatic rings. The van der Waals surface area contributed by atoms with Gasteiger partial charge in [0.25, 0.3) is 11.8 Å². The van der Waals surface area contributed by atoms with Crippen LogP contribution in [0.25, 0.3) is 0 Å². The van der Waals surface area contributed by atoms with Gasteiger partial charge in [-0.05, 0) is 69.3 Å². The molecule has 1 N–H and O–H groups in total. The van der Waals surface area contributed by atoms with Crippen molar-refractivity contribution in [2.75, 3.05) is 52.5 Å². The summed E-state index contributed by atoms with van der Waals surface area (Å²) in [4.78, 5) is 51.0. The lowest BCUT2D eigenvalue weighted by molar-refractivity contribution is -0.00107. The molecular weight excluding hydrogens is 828 g/mol. The van der Waals surface area contributed by atoms with E-state index in [-0.39, 0.29) is 84.2 Å². The minimum atomic E-state index is -0.768. The third kappa shape index (κ3) is 13.0. The summed E-state index contributed by atoms with van der Waals surface area (Å²) in [5.74, 6) is -1.19. The van der Waals surface area contributed by atoms with Crippen LogP contribution in [0.4, 0.5) is 13.6 Å². The maximum Gasteiger partial charge on any atom is 0.410 e. The summed E-state index contributed by atoms with van der Waals surface area (Å²) in [5, 5.41) is 3.04. The minimum Gasteiger partial charge on any atom is -0.490 e. The van der Waals surface area contributed by atoms with Crippen molar-refractivity contribution in [3.8, 4) is 11.5 Å². The van der Waals surface area contributed by atoms with E-state index in [2.05, 4.69) is 15.3 Å². The molecule has 2 aromatic heterocycles. The van der Waals surface area contributed by atoms with E-state index in [9.17, 15) is 23.2 Å². The molecule has 0 radical (unpaired) electrons. The lowest BCUT2D eigenvalue weighted by Crippen LogP contribution is -2.59. The van der Waals surface area contributed by atoms with Crippen LogP contribution < -0.4 is 14.8 Å². The van der Waals surface area contributed by atoms with Gasteiger partial charge in [-0.15, -0.1) is 24.8 Å². The highest BCUT2D eigenvalue weighted by Crippen LogP contribution is 2.24. The van der Waals surface area contributed by atoms with E-state index in [4.69, 9.17) is 37.4 Å². The van der Waals surface area contributed by atoms with E-state index in [1.165, 1.54) is 40.1 Å². The molecule has 0 spiro atoms. The van der Waals surface area contributed by atoms with E-state index in [0.717, 1.165) is 0 Å². The number of aromatic nitrogens is 2. The number of amides is 3. The van der Waals surface area contributed by atoms with Crippen molar-refractivity contribution in [2.45, 2.75) is 38.5 Å². The molecule has 3 amide bonds. The third-order valence-electron chi connectivity index (χ3n) is 8.52. The highest BCUT2D eigenvalue weighted by molar-refractivity contribution is 6.31. The lowest BCUT2D eigenvalue weighted by atomic mass is 10.1. The Labute approximate surface area is 352 Å². The molecule has 6 rings (SSSR count). The second-order valence-electron chi connectivity index (χ2n) is 13.6. The Kier molecular flexibility index (Phi) is 18.0. The fraction of sp³-hybridized carbons (Fsp3) is 0.359. The molecule has 2 unspecified atom stereocenters. The molecule has 57 heavy (non-hydrogen) atoms. The monoisotopic (exact) mass is 870 g/mol. The predicted molar refractivity (Wildman–Crippen MR) is 217 cm³/mol. The summed E-state index contributed by atoms with van der Waals surface area (Å²) in [6.45, 7) is 8.10. The van der Waals surface area contributed by atoms with Gasteiger partial charge in [0.2, 0.25) is 0 Å². The van der Waals surface area contributed by atoms with Crippen LogP contribution in [-0.2, 0) is 4.74 Å². The van der Waals surface area contributed by atoms with Crippen LogP contribution in [0.1, 0.15) is 41.5 Å². The van der Waals surface area contributed by atoms with Gasteiger partial charge in [-0.2, -0.15) is 0 Å². The maximum atomic E-state index is 14.5. The summed E-state index contributed by atoms with van der Waals surface area (Å²) in [6.07, 6.45) is 5.97. The summed E-state index contributed by atoms with van der Waals surface area (Å²) in [5.41, 5.74) is -0.782. The molecule has 0 saturated carbocycles. The molecule has 12 nitrogen and oxygen atoms in total. The minimum absolute atomic E-state index is 0. The molecule has 2 fully saturated rings. The van der Waals surface area contributed by atoms with Crippen molar-refractivity contribution in [2.24, 2.45) is 0 Å². The average Bonchev–Trinajstić information content (AvgIpc) is 3.18.